The van der Waals surface area contributed by atoms with Crippen LogP contribution >= 0.6 is 0 Å². The van der Waals surface area contributed by atoms with Crippen LogP contribution in [0.2, 0.25) is 0 Å². The molecule has 0 atom stereocenters. The van der Waals surface area contributed by atoms with Gasteiger partial charge in [-0.05, 0) is 42.2 Å². The lowest BCUT2D eigenvalue weighted by Crippen LogP contribution is -2.30. The molecule has 1 aliphatic heterocycles. The third-order valence-corrected chi connectivity index (χ3v) is 7.57. The van der Waals surface area contributed by atoms with Crippen molar-refractivity contribution in [1.29, 1.82) is 0 Å². The average molecular weight is 451 g/mol. The summed E-state index contributed by atoms with van der Waals surface area (Å²) in [6.07, 6.45) is 1.66. The van der Waals surface area contributed by atoms with E-state index >= 15 is 0 Å². The van der Waals surface area contributed by atoms with Gasteiger partial charge in [-0.3, -0.25) is 4.79 Å². The van der Waals surface area contributed by atoms with Crippen LogP contribution in [0, 0.1) is 0 Å². The number of nitrogens with one attached hydrogen (secondary N) is 1. The lowest BCUT2D eigenvalue weighted by molar-refractivity contribution is 0.0942. The number of methoxy groups -OCH3 is 1. The summed E-state index contributed by atoms with van der Waals surface area (Å²) in [5, 5.41) is 3.06. The maximum Gasteiger partial charge on any atom is 0.252 e. The highest BCUT2D eigenvalue weighted by atomic mass is 32.2. The van der Waals surface area contributed by atoms with Crippen molar-refractivity contribution in [3.8, 4) is 5.75 Å². The molecular weight excluding hydrogens is 424 g/mol. The van der Waals surface area contributed by atoms with Crippen LogP contribution in [0.1, 0.15) is 40.4 Å². The fraction of sp³-hybridized carbons (Fsp3) is 0.240. The van der Waals surface area contributed by atoms with Gasteiger partial charge in [-0.15, -0.1) is 0 Å². The summed E-state index contributed by atoms with van der Waals surface area (Å²) < 4.78 is 33.1. The predicted molar refractivity (Wildman–Crippen MR) is 123 cm³/mol. The van der Waals surface area contributed by atoms with Gasteiger partial charge in [0.05, 0.1) is 13.2 Å². The van der Waals surface area contributed by atoms with E-state index in [1.165, 1.54) is 23.5 Å². The number of ether oxygens (including phenoxy) is 1. The fourth-order valence-electron chi connectivity index (χ4n) is 3.95. The van der Waals surface area contributed by atoms with Crippen LogP contribution in [0.15, 0.2) is 83.8 Å². The number of carbonyl (C=O) groups is 1. The molecule has 0 aromatic heterocycles. The molecule has 0 saturated carbocycles. The summed E-state index contributed by atoms with van der Waals surface area (Å²) in [5.41, 5.74) is 2.14. The fourth-order valence-corrected chi connectivity index (χ4v) is 5.65. The van der Waals surface area contributed by atoms with Crippen LogP contribution in [-0.4, -0.2) is 38.8 Å². The molecule has 7 heteroatoms. The number of nitrogens with zero attached hydrogens (tertiary/aromatic N) is 1. The lowest BCUT2D eigenvalue weighted by Gasteiger charge is -2.21. The summed E-state index contributed by atoms with van der Waals surface area (Å²) in [5.74, 6) is -0.126. The second-order valence-electron chi connectivity index (χ2n) is 7.70. The molecule has 166 valence electrons. The monoisotopic (exact) mass is 450 g/mol. The maximum absolute atomic E-state index is 13.2. The molecule has 0 bridgehead atoms. The molecule has 4 rings (SSSR count). The van der Waals surface area contributed by atoms with Gasteiger partial charge in [-0.25, -0.2) is 8.42 Å². The molecule has 32 heavy (non-hydrogen) atoms. The van der Waals surface area contributed by atoms with Crippen LogP contribution in [0.25, 0.3) is 0 Å². The third kappa shape index (κ3) is 4.54. The zero-order valence-corrected chi connectivity index (χ0v) is 18.7. The first-order valence-corrected chi connectivity index (χ1v) is 12.0. The van der Waals surface area contributed by atoms with Gasteiger partial charge < -0.3 is 10.1 Å². The number of carbonyl (C=O) groups excluding carboxylic acids is 1. The highest BCUT2D eigenvalue weighted by molar-refractivity contribution is 7.89. The summed E-state index contributed by atoms with van der Waals surface area (Å²) in [7, 11) is -2.31. The Labute approximate surface area is 188 Å². The molecule has 0 spiro atoms. The van der Waals surface area contributed by atoms with Crippen LogP contribution in [-0.2, 0) is 10.0 Å². The Morgan fingerprint density at radius 3 is 2.00 bits per heavy atom. The van der Waals surface area contributed by atoms with E-state index in [-0.39, 0.29) is 28.2 Å². The molecule has 3 aromatic carbocycles. The Morgan fingerprint density at radius 2 is 1.47 bits per heavy atom. The van der Waals surface area contributed by atoms with E-state index in [0.29, 0.717) is 13.1 Å². The topological polar surface area (TPSA) is 75.7 Å². The highest BCUT2D eigenvalue weighted by Gasteiger charge is 2.31. The second kappa shape index (κ2) is 9.54. The molecule has 0 aliphatic carbocycles. The maximum atomic E-state index is 13.2. The number of hydrogen-bond donors (Lipinski definition) is 1. The Bertz CT molecular complexity index is 1140. The molecule has 6 nitrogen and oxygen atoms in total. The first-order valence-electron chi connectivity index (χ1n) is 10.6. The first-order chi connectivity index (χ1) is 15.5. The third-order valence-electron chi connectivity index (χ3n) is 5.65. The Hall–Kier alpha value is -3.16. The molecular formula is C25H26N2O4S. The molecule has 1 saturated heterocycles. The van der Waals surface area contributed by atoms with Gasteiger partial charge >= 0.3 is 0 Å². The van der Waals surface area contributed by atoms with Crippen molar-refractivity contribution in [2.24, 2.45) is 0 Å². The number of rotatable bonds is 7. The zero-order valence-electron chi connectivity index (χ0n) is 17.9. The van der Waals surface area contributed by atoms with Crippen LogP contribution < -0.4 is 10.1 Å². The first kappa shape index (κ1) is 22.0. The van der Waals surface area contributed by atoms with Crippen molar-refractivity contribution in [3.63, 3.8) is 0 Å². The van der Waals surface area contributed by atoms with E-state index in [4.69, 9.17) is 4.74 Å². The summed E-state index contributed by atoms with van der Waals surface area (Å²) in [6.45, 7) is 0.956. The Balaban J connectivity index is 1.68. The SMILES string of the molecule is COc1ccc(C(=O)NC(c2ccccc2)c2ccccc2)cc1S(=O)(=O)N1CCCC1. The molecule has 1 fully saturated rings. The van der Waals surface area contributed by atoms with Crippen molar-refractivity contribution >= 4 is 15.9 Å². The minimum Gasteiger partial charge on any atom is -0.495 e. The van der Waals surface area contributed by atoms with Crippen molar-refractivity contribution in [1.82, 2.24) is 9.62 Å². The summed E-state index contributed by atoms with van der Waals surface area (Å²) in [4.78, 5) is 13.3. The quantitative estimate of drug-likeness (QED) is 0.590. The standard InChI is InChI=1S/C25H26N2O4S/c1-31-22-15-14-21(18-23(22)32(29,30)27-16-8-9-17-27)25(28)26-24(19-10-4-2-5-11-19)20-12-6-3-7-13-20/h2-7,10-15,18,24H,8-9,16-17H2,1H3,(H,26,28). The molecule has 3 aromatic rings. The minimum absolute atomic E-state index is 0.0190. The number of hydrogen-bond acceptors (Lipinski definition) is 4. The number of sulfonamides is 1. The summed E-state index contributed by atoms with van der Waals surface area (Å²) in [6, 6.07) is 23.5. The smallest absolute Gasteiger partial charge is 0.252 e. The molecule has 1 amide bonds. The summed E-state index contributed by atoms with van der Waals surface area (Å²) >= 11 is 0. The average Bonchev–Trinajstić information content (AvgIpc) is 3.39. The number of amides is 1. The van der Waals surface area contributed by atoms with Crippen molar-refractivity contribution in [3.05, 3.63) is 95.6 Å². The van der Waals surface area contributed by atoms with E-state index in [9.17, 15) is 13.2 Å². The van der Waals surface area contributed by atoms with Crippen LogP contribution in [0.5, 0.6) is 5.75 Å². The second-order valence-corrected chi connectivity index (χ2v) is 9.61. The van der Waals surface area contributed by atoms with Crippen LogP contribution in [0.4, 0.5) is 0 Å². The van der Waals surface area contributed by atoms with E-state index in [2.05, 4.69) is 5.32 Å². The van der Waals surface area contributed by atoms with Crippen molar-refractivity contribution in [2.75, 3.05) is 20.2 Å². The lowest BCUT2D eigenvalue weighted by atomic mass is 9.98. The van der Waals surface area contributed by atoms with Gasteiger partial charge in [0, 0.05) is 18.7 Å². The largest absolute Gasteiger partial charge is 0.495 e. The van der Waals surface area contributed by atoms with E-state index in [0.717, 1.165) is 24.0 Å². The molecule has 0 radical (unpaired) electrons. The van der Waals surface area contributed by atoms with Crippen LogP contribution in [0.3, 0.4) is 0 Å². The molecule has 1 N–H and O–H groups in total. The molecule has 0 unspecified atom stereocenters. The Morgan fingerprint density at radius 1 is 0.906 bits per heavy atom. The highest BCUT2D eigenvalue weighted by Crippen LogP contribution is 2.30. The Kier molecular flexibility index (Phi) is 6.58. The van der Waals surface area contributed by atoms with Crippen molar-refractivity contribution < 1.29 is 17.9 Å². The molecule has 1 heterocycles. The number of benzene rings is 3. The van der Waals surface area contributed by atoms with Crippen molar-refractivity contribution in [2.45, 2.75) is 23.8 Å². The van der Waals surface area contributed by atoms with Gasteiger partial charge in [0.15, 0.2) is 0 Å². The normalized spacial score (nSPS) is 14.4. The van der Waals surface area contributed by atoms with Gasteiger partial charge in [0.2, 0.25) is 10.0 Å². The van der Waals surface area contributed by atoms with E-state index in [1.54, 1.807) is 6.07 Å². The van der Waals surface area contributed by atoms with E-state index in [1.807, 2.05) is 60.7 Å². The van der Waals surface area contributed by atoms with Gasteiger partial charge in [0.1, 0.15) is 10.6 Å². The minimum atomic E-state index is -3.74. The predicted octanol–water partition coefficient (Wildman–Crippen LogP) is 4.00. The zero-order chi connectivity index (χ0) is 22.6. The van der Waals surface area contributed by atoms with Gasteiger partial charge in [-0.1, -0.05) is 60.7 Å². The van der Waals surface area contributed by atoms with Gasteiger partial charge in [0.25, 0.3) is 5.91 Å². The van der Waals surface area contributed by atoms with Gasteiger partial charge in [-0.2, -0.15) is 4.31 Å². The van der Waals surface area contributed by atoms with E-state index < -0.39 is 10.0 Å². The molecule has 1 aliphatic rings.